The van der Waals surface area contributed by atoms with Crippen LogP contribution in [0.4, 0.5) is 0 Å². The third-order valence-corrected chi connectivity index (χ3v) is 5.03. The maximum absolute atomic E-state index is 13.2. The van der Waals surface area contributed by atoms with Gasteiger partial charge in [-0.1, -0.05) is 12.1 Å². The van der Waals surface area contributed by atoms with E-state index in [1.165, 1.54) is 0 Å². The number of piperidine rings is 1. The average molecular weight is 386 g/mol. The van der Waals surface area contributed by atoms with E-state index in [0.717, 1.165) is 56.0 Å². The minimum atomic E-state index is -0.0164. The molecular weight excluding hydrogens is 354 g/mol. The molecule has 152 valence electrons. The smallest absolute Gasteiger partial charge is 0.276 e. The zero-order valence-corrected chi connectivity index (χ0v) is 17.3. The molecule has 1 saturated heterocycles. The second-order valence-electron chi connectivity index (χ2n) is 7.58. The lowest BCUT2D eigenvalue weighted by Gasteiger charge is -2.34. The highest BCUT2D eigenvalue weighted by molar-refractivity contribution is 5.93. The monoisotopic (exact) mass is 385 g/mol. The van der Waals surface area contributed by atoms with Gasteiger partial charge in [-0.25, -0.2) is 4.68 Å². The molecule has 0 atom stereocenters. The number of nitrogens with zero attached hydrogens (tertiary/aromatic N) is 4. The molecule has 1 aliphatic rings. The molecule has 3 rings (SSSR count). The molecular formula is C21H31N5O2. The lowest BCUT2D eigenvalue weighted by molar-refractivity contribution is 0.0635. The van der Waals surface area contributed by atoms with E-state index in [0.29, 0.717) is 5.69 Å². The topological polar surface area (TPSA) is 72.3 Å². The molecule has 28 heavy (non-hydrogen) atoms. The molecule has 2 heterocycles. The van der Waals surface area contributed by atoms with Gasteiger partial charge in [-0.3, -0.25) is 4.79 Å². The molecule has 1 N–H and O–H groups in total. The molecule has 1 aliphatic heterocycles. The van der Waals surface area contributed by atoms with Gasteiger partial charge in [-0.05, 0) is 77.4 Å². The Morgan fingerprint density at radius 3 is 2.57 bits per heavy atom. The lowest BCUT2D eigenvalue weighted by atomic mass is 10.0. The Balaban J connectivity index is 1.81. The molecule has 1 aromatic heterocycles. The van der Waals surface area contributed by atoms with E-state index < -0.39 is 0 Å². The van der Waals surface area contributed by atoms with Crippen LogP contribution in [0.1, 0.15) is 56.2 Å². The fourth-order valence-corrected chi connectivity index (χ4v) is 3.66. The second-order valence-corrected chi connectivity index (χ2v) is 7.58. The van der Waals surface area contributed by atoms with Crippen molar-refractivity contribution < 1.29 is 9.53 Å². The van der Waals surface area contributed by atoms with E-state index in [1.54, 1.807) is 4.68 Å². The minimum Gasteiger partial charge on any atom is -0.491 e. The predicted molar refractivity (Wildman–Crippen MR) is 109 cm³/mol. The Morgan fingerprint density at radius 2 is 1.96 bits per heavy atom. The zero-order valence-electron chi connectivity index (χ0n) is 17.3. The van der Waals surface area contributed by atoms with Gasteiger partial charge in [0.1, 0.15) is 5.75 Å². The molecule has 0 spiro atoms. The van der Waals surface area contributed by atoms with Crippen LogP contribution in [0, 0.1) is 6.92 Å². The number of hydrogen-bond donors (Lipinski definition) is 1. The van der Waals surface area contributed by atoms with Gasteiger partial charge in [0.15, 0.2) is 5.69 Å². The van der Waals surface area contributed by atoms with Gasteiger partial charge in [-0.15, -0.1) is 5.10 Å². The fraction of sp³-hybridized carbons (Fsp3) is 0.571. The molecule has 7 nitrogen and oxygen atoms in total. The Bertz CT molecular complexity index is 779. The van der Waals surface area contributed by atoms with Crippen LogP contribution < -0.4 is 10.1 Å². The van der Waals surface area contributed by atoms with Gasteiger partial charge in [0.05, 0.1) is 17.5 Å². The number of hydrogen-bond acceptors (Lipinski definition) is 5. The first-order chi connectivity index (χ1) is 13.5. The van der Waals surface area contributed by atoms with Crippen molar-refractivity contribution in [2.75, 3.05) is 19.6 Å². The molecule has 2 aromatic rings. The number of ether oxygens (including phenoxy) is 1. The van der Waals surface area contributed by atoms with Crippen LogP contribution in [0.15, 0.2) is 24.3 Å². The van der Waals surface area contributed by atoms with Crippen LogP contribution in [-0.4, -0.2) is 57.6 Å². The summed E-state index contributed by atoms with van der Waals surface area (Å²) in [5.74, 6) is 0.796. The highest BCUT2D eigenvalue weighted by atomic mass is 16.5. The lowest BCUT2D eigenvalue weighted by Crippen LogP contribution is -2.46. The first-order valence-electron chi connectivity index (χ1n) is 10.2. The summed E-state index contributed by atoms with van der Waals surface area (Å²) in [4.78, 5) is 15.2. The summed E-state index contributed by atoms with van der Waals surface area (Å²) in [6.07, 6.45) is 3.02. The average Bonchev–Trinajstić information content (AvgIpc) is 3.08. The molecule has 0 bridgehead atoms. The first kappa shape index (κ1) is 20.3. The number of carbonyl (C=O) groups excluding carboxylic acids is 1. The molecule has 0 radical (unpaired) electrons. The molecule has 0 aliphatic carbocycles. The Kier molecular flexibility index (Phi) is 6.67. The number of nitrogens with one attached hydrogen (secondary N) is 1. The number of amides is 1. The van der Waals surface area contributed by atoms with Gasteiger partial charge < -0.3 is 15.0 Å². The van der Waals surface area contributed by atoms with Crippen molar-refractivity contribution in [3.63, 3.8) is 0 Å². The van der Waals surface area contributed by atoms with Crippen LogP contribution in [0.5, 0.6) is 5.75 Å². The van der Waals surface area contributed by atoms with E-state index in [4.69, 9.17) is 4.74 Å². The summed E-state index contributed by atoms with van der Waals surface area (Å²) in [7, 11) is 0. The van der Waals surface area contributed by atoms with Crippen LogP contribution in [-0.2, 0) is 0 Å². The number of carbonyl (C=O) groups is 1. The maximum atomic E-state index is 13.2. The van der Waals surface area contributed by atoms with E-state index >= 15 is 0 Å². The Hall–Kier alpha value is -2.41. The summed E-state index contributed by atoms with van der Waals surface area (Å²) in [5, 5.41) is 11.9. The van der Waals surface area contributed by atoms with Crippen LogP contribution in [0.25, 0.3) is 5.69 Å². The fourth-order valence-electron chi connectivity index (χ4n) is 3.66. The SMILES string of the molecule is CCCN(C(=O)c1nnn(-c2ccc(OC(C)C)cc2)c1C)C1CCNCC1. The second kappa shape index (κ2) is 9.19. The van der Waals surface area contributed by atoms with Gasteiger partial charge in [0, 0.05) is 12.6 Å². The summed E-state index contributed by atoms with van der Waals surface area (Å²) in [6, 6.07) is 7.96. The van der Waals surface area contributed by atoms with Crippen molar-refractivity contribution in [2.45, 2.75) is 59.1 Å². The normalized spacial score (nSPS) is 15.0. The molecule has 1 aromatic carbocycles. The number of benzene rings is 1. The molecule has 1 fully saturated rings. The van der Waals surface area contributed by atoms with Crippen molar-refractivity contribution in [1.82, 2.24) is 25.2 Å². The standard InChI is InChI=1S/C21H31N5O2/c1-5-14-25(17-10-12-22-13-11-17)21(27)20-16(4)26(24-23-20)18-6-8-19(9-7-18)28-15(2)3/h6-9,15,17,22H,5,10-14H2,1-4H3. The Labute approximate surface area is 167 Å². The number of aromatic nitrogens is 3. The molecule has 0 unspecified atom stereocenters. The minimum absolute atomic E-state index is 0.0164. The van der Waals surface area contributed by atoms with Crippen molar-refractivity contribution in [3.05, 3.63) is 35.7 Å². The first-order valence-corrected chi connectivity index (χ1v) is 10.2. The van der Waals surface area contributed by atoms with Crippen LogP contribution >= 0.6 is 0 Å². The van der Waals surface area contributed by atoms with Crippen LogP contribution in [0.2, 0.25) is 0 Å². The van der Waals surface area contributed by atoms with Gasteiger partial charge >= 0.3 is 0 Å². The zero-order chi connectivity index (χ0) is 20.1. The molecule has 1 amide bonds. The van der Waals surface area contributed by atoms with Crippen LogP contribution in [0.3, 0.4) is 0 Å². The summed E-state index contributed by atoms with van der Waals surface area (Å²) in [6.45, 7) is 10.7. The highest BCUT2D eigenvalue weighted by Crippen LogP contribution is 2.21. The van der Waals surface area contributed by atoms with Gasteiger partial charge in [0.25, 0.3) is 5.91 Å². The van der Waals surface area contributed by atoms with Crippen molar-refractivity contribution in [3.8, 4) is 11.4 Å². The van der Waals surface area contributed by atoms with E-state index in [9.17, 15) is 4.79 Å². The summed E-state index contributed by atoms with van der Waals surface area (Å²) in [5.41, 5.74) is 2.07. The molecule has 0 saturated carbocycles. The van der Waals surface area contributed by atoms with E-state index in [-0.39, 0.29) is 18.1 Å². The number of rotatable bonds is 7. The largest absolute Gasteiger partial charge is 0.491 e. The third-order valence-electron chi connectivity index (χ3n) is 5.03. The van der Waals surface area contributed by atoms with E-state index in [2.05, 4.69) is 22.6 Å². The summed E-state index contributed by atoms with van der Waals surface area (Å²) >= 11 is 0. The van der Waals surface area contributed by atoms with Crippen molar-refractivity contribution >= 4 is 5.91 Å². The Morgan fingerprint density at radius 1 is 1.29 bits per heavy atom. The quantitative estimate of drug-likeness (QED) is 0.793. The van der Waals surface area contributed by atoms with Crippen molar-refractivity contribution in [1.29, 1.82) is 0 Å². The highest BCUT2D eigenvalue weighted by Gasteiger charge is 2.29. The third kappa shape index (κ3) is 4.52. The van der Waals surface area contributed by atoms with Gasteiger partial charge in [0.2, 0.25) is 0 Å². The van der Waals surface area contributed by atoms with Crippen molar-refractivity contribution in [2.24, 2.45) is 0 Å². The van der Waals surface area contributed by atoms with Gasteiger partial charge in [-0.2, -0.15) is 0 Å². The summed E-state index contributed by atoms with van der Waals surface area (Å²) < 4.78 is 7.41. The molecule has 7 heteroatoms. The van der Waals surface area contributed by atoms with E-state index in [1.807, 2.05) is 49.9 Å². The maximum Gasteiger partial charge on any atom is 0.276 e. The predicted octanol–water partition coefficient (Wildman–Crippen LogP) is 2.97.